The molecule has 1 heterocycles. The summed E-state index contributed by atoms with van der Waals surface area (Å²) in [6, 6.07) is 11.4. The van der Waals surface area contributed by atoms with Crippen LogP contribution in [0.25, 0.3) is 0 Å². The third-order valence-corrected chi connectivity index (χ3v) is 5.70. The lowest BCUT2D eigenvalue weighted by Crippen LogP contribution is -2.41. The number of amides is 1. The summed E-state index contributed by atoms with van der Waals surface area (Å²) in [6.45, 7) is 9.80. The van der Waals surface area contributed by atoms with E-state index < -0.39 is 0 Å². The molecule has 0 fully saturated rings. The first-order valence-electron chi connectivity index (χ1n) is 11.6. The summed E-state index contributed by atoms with van der Waals surface area (Å²) in [5.41, 5.74) is 3.88. The smallest absolute Gasteiger partial charge is 0.307 e. The number of nitrogens with zero attached hydrogens (tertiary/aromatic N) is 1. The molecule has 0 spiro atoms. The van der Waals surface area contributed by atoms with Crippen LogP contribution in [0.5, 0.6) is 11.5 Å². The van der Waals surface area contributed by atoms with Crippen molar-refractivity contribution in [1.82, 2.24) is 4.90 Å². The Morgan fingerprint density at radius 2 is 1.73 bits per heavy atom. The van der Waals surface area contributed by atoms with Gasteiger partial charge in [-0.2, -0.15) is 0 Å². The molecule has 1 amide bonds. The maximum absolute atomic E-state index is 12.9. The van der Waals surface area contributed by atoms with Gasteiger partial charge in [0.15, 0.2) is 11.5 Å². The van der Waals surface area contributed by atoms with E-state index >= 15 is 0 Å². The van der Waals surface area contributed by atoms with Crippen molar-refractivity contribution in [2.24, 2.45) is 0 Å². The fourth-order valence-corrected chi connectivity index (χ4v) is 4.19. The van der Waals surface area contributed by atoms with Crippen LogP contribution in [0, 0.1) is 6.92 Å². The number of benzene rings is 2. The molecule has 33 heavy (non-hydrogen) atoms. The number of fused-ring (bicyclic) bond motifs is 1. The fourth-order valence-electron chi connectivity index (χ4n) is 4.19. The van der Waals surface area contributed by atoms with Gasteiger partial charge in [0, 0.05) is 18.3 Å². The van der Waals surface area contributed by atoms with Crippen LogP contribution in [0.4, 0.5) is 5.69 Å². The lowest BCUT2D eigenvalue weighted by molar-refractivity contribution is -0.145. The van der Waals surface area contributed by atoms with E-state index in [1.165, 1.54) is 0 Å². The number of carbonyl (C=O) groups is 2. The lowest BCUT2D eigenvalue weighted by Gasteiger charge is -2.37. The van der Waals surface area contributed by atoms with Crippen LogP contribution in [0.1, 0.15) is 49.9 Å². The number of hydrogen-bond acceptors (Lipinski definition) is 6. The Balaban J connectivity index is 1.88. The molecule has 1 unspecified atom stereocenters. The number of nitrogens with one attached hydrogen (secondary N) is 1. The van der Waals surface area contributed by atoms with Crippen LogP contribution in [0.15, 0.2) is 36.4 Å². The first-order chi connectivity index (χ1) is 16.0. The molecule has 1 aliphatic heterocycles. The molecule has 0 aromatic heterocycles. The minimum absolute atomic E-state index is 0.113. The van der Waals surface area contributed by atoms with Gasteiger partial charge < -0.3 is 19.5 Å². The zero-order chi connectivity index (χ0) is 23.8. The largest absolute Gasteiger partial charge is 0.490 e. The Morgan fingerprint density at radius 1 is 1.03 bits per heavy atom. The maximum Gasteiger partial charge on any atom is 0.307 e. The van der Waals surface area contributed by atoms with E-state index in [4.69, 9.17) is 14.2 Å². The second-order valence-electron chi connectivity index (χ2n) is 7.97. The van der Waals surface area contributed by atoms with Crippen molar-refractivity contribution < 1.29 is 23.8 Å². The van der Waals surface area contributed by atoms with Gasteiger partial charge in [0.1, 0.15) is 0 Å². The van der Waals surface area contributed by atoms with Gasteiger partial charge in [-0.25, -0.2) is 0 Å². The van der Waals surface area contributed by atoms with Crippen LogP contribution >= 0.6 is 0 Å². The average Bonchev–Trinajstić information content (AvgIpc) is 2.78. The summed E-state index contributed by atoms with van der Waals surface area (Å²) in [6.07, 6.45) is 0.914. The molecule has 7 nitrogen and oxygen atoms in total. The average molecular weight is 455 g/mol. The molecule has 0 radical (unpaired) electrons. The normalized spacial score (nSPS) is 15.5. The number of para-hydroxylation sites is 1. The highest BCUT2D eigenvalue weighted by Gasteiger charge is 2.32. The van der Waals surface area contributed by atoms with E-state index in [9.17, 15) is 9.59 Å². The summed E-state index contributed by atoms with van der Waals surface area (Å²) in [7, 11) is 0. The topological polar surface area (TPSA) is 77.1 Å². The van der Waals surface area contributed by atoms with Crippen LogP contribution in [0.3, 0.4) is 0 Å². The molecule has 0 aliphatic carbocycles. The number of anilines is 1. The van der Waals surface area contributed by atoms with Crippen LogP contribution in [0.2, 0.25) is 0 Å². The first kappa shape index (κ1) is 24.6. The van der Waals surface area contributed by atoms with Gasteiger partial charge in [0.2, 0.25) is 5.91 Å². The number of hydrogen-bond donors (Lipinski definition) is 1. The molecule has 1 aliphatic rings. The minimum atomic E-state index is -0.287. The fraction of sp³-hybridized carbons (Fsp3) is 0.462. The van der Waals surface area contributed by atoms with Crippen molar-refractivity contribution in [2.75, 3.05) is 38.2 Å². The zero-order valence-corrected chi connectivity index (χ0v) is 20.0. The number of carbonyl (C=O) groups excluding carboxylic acids is 2. The first-order valence-corrected chi connectivity index (χ1v) is 11.6. The van der Waals surface area contributed by atoms with Gasteiger partial charge in [0.25, 0.3) is 0 Å². The number of ether oxygens (including phenoxy) is 3. The standard InChI is InChI=1S/C26H34N2O5/c1-5-31-23-14-19-12-13-28(17-25(29)27-21-11-9-8-10-18(21)4)22(16-26(30)33-7-3)20(19)15-24(23)32-6-2/h8-11,14-15,22H,5-7,12-13,16-17H2,1-4H3,(H,27,29). The molecule has 178 valence electrons. The molecule has 2 aromatic rings. The Kier molecular flexibility index (Phi) is 8.72. The molecule has 2 aromatic carbocycles. The summed E-state index contributed by atoms with van der Waals surface area (Å²) in [4.78, 5) is 27.4. The molecule has 0 bridgehead atoms. The summed E-state index contributed by atoms with van der Waals surface area (Å²) in [5, 5.41) is 3.00. The Morgan fingerprint density at radius 3 is 2.39 bits per heavy atom. The van der Waals surface area contributed by atoms with Gasteiger partial charge in [-0.15, -0.1) is 0 Å². The van der Waals surface area contributed by atoms with Crippen molar-refractivity contribution in [3.05, 3.63) is 53.1 Å². The van der Waals surface area contributed by atoms with E-state index in [0.29, 0.717) is 37.9 Å². The van der Waals surface area contributed by atoms with Gasteiger partial charge in [-0.1, -0.05) is 18.2 Å². The second-order valence-corrected chi connectivity index (χ2v) is 7.97. The predicted molar refractivity (Wildman–Crippen MR) is 128 cm³/mol. The highest BCUT2D eigenvalue weighted by atomic mass is 16.5. The molecule has 1 N–H and O–H groups in total. The van der Waals surface area contributed by atoms with Crippen molar-refractivity contribution in [3.63, 3.8) is 0 Å². The monoisotopic (exact) mass is 454 g/mol. The van der Waals surface area contributed by atoms with Gasteiger partial charge in [-0.05, 0) is 69.0 Å². The summed E-state index contributed by atoms with van der Waals surface area (Å²) >= 11 is 0. The van der Waals surface area contributed by atoms with E-state index in [0.717, 1.165) is 28.8 Å². The summed E-state index contributed by atoms with van der Waals surface area (Å²) in [5.74, 6) is 0.959. The van der Waals surface area contributed by atoms with E-state index in [2.05, 4.69) is 5.32 Å². The highest BCUT2D eigenvalue weighted by Crippen LogP contribution is 2.40. The SMILES string of the molecule is CCOC(=O)CC1c2cc(OCC)c(OCC)cc2CCN1CC(=O)Nc1ccccc1C. The van der Waals surface area contributed by atoms with E-state index in [1.807, 2.05) is 62.1 Å². The number of aryl methyl sites for hydroxylation is 1. The number of rotatable bonds is 10. The Labute approximate surface area is 196 Å². The predicted octanol–water partition coefficient (Wildman–Crippen LogP) is 4.28. The lowest BCUT2D eigenvalue weighted by atomic mass is 9.90. The van der Waals surface area contributed by atoms with Crippen molar-refractivity contribution in [2.45, 2.75) is 46.6 Å². The van der Waals surface area contributed by atoms with E-state index in [1.54, 1.807) is 6.92 Å². The molecular weight excluding hydrogens is 420 g/mol. The Bertz CT molecular complexity index is 975. The summed E-state index contributed by atoms with van der Waals surface area (Å²) < 4.78 is 16.9. The molecule has 0 saturated carbocycles. The van der Waals surface area contributed by atoms with Crippen molar-refractivity contribution in [1.29, 1.82) is 0 Å². The van der Waals surface area contributed by atoms with Crippen LogP contribution in [-0.2, 0) is 20.7 Å². The van der Waals surface area contributed by atoms with E-state index in [-0.39, 0.29) is 30.9 Å². The third kappa shape index (κ3) is 6.26. The zero-order valence-electron chi connectivity index (χ0n) is 20.0. The molecular formula is C26H34N2O5. The van der Waals surface area contributed by atoms with Gasteiger partial charge >= 0.3 is 5.97 Å². The Hall–Kier alpha value is -3.06. The van der Waals surface area contributed by atoms with Crippen molar-refractivity contribution in [3.8, 4) is 11.5 Å². The molecule has 3 rings (SSSR count). The second kappa shape index (κ2) is 11.7. The highest BCUT2D eigenvalue weighted by molar-refractivity contribution is 5.93. The van der Waals surface area contributed by atoms with Gasteiger partial charge in [-0.3, -0.25) is 14.5 Å². The van der Waals surface area contributed by atoms with Gasteiger partial charge in [0.05, 0.1) is 32.8 Å². The third-order valence-electron chi connectivity index (χ3n) is 5.70. The van der Waals surface area contributed by atoms with Crippen LogP contribution in [-0.4, -0.2) is 49.7 Å². The quantitative estimate of drug-likeness (QED) is 0.540. The molecule has 0 saturated heterocycles. The maximum atomic E-state index is 12.9. The number of esters is 1. The molecule has 7 heteroatoms. The van der Waals surface area contributed by atoms with Crippen LogP contribution < -0.4 is 14.8 Å². The van der Waals surface area contributed by atoms with Crippen molar-refractivity contribution >= 4 is 17.6 Å². The molecule has 1 atom stereocenters. The minimum Gasteiger partial charge on any atom is -0.490 e.